The summed E-state index contributed by atoms with van der Waals surface area (Å²) in [5.41, 5.74) is 0.926. The summed E-state index contributed by atoms with van der Waals surface area (Å²) in [4.78, 5) is 12.1. The average molecular weight is 277 g/mol. The monoisotopic (exact) mass is 277 g/mol. The highest BCUT2D eigenvalue weighted by molar-refractivity contribution is 5.81. The fourth-order valence-corrected chi connectivity index (χ4v) is 2.58. The number of amides is 1. The molecule has 1 saturated carbocycles. The summed E-state index contributed by atoms with van der Waals surface area (Å²) < 4.78 is 5.75. The van der Waals surface area contributed by atoms with E-state index in [1.165, 1.54) is 12.8 Å². The van der Waals surface area contributed by atoms with Crippen molar-refractivity contribution in [2.45, 2.75) is 51.2 Å². The summed E-state index contributed by atoms with van der Waals surface area (Å²) in [5.74, 6) is 0.617. The first-order chi connectivity index (χ1) is 9.70. The van der Waals surface area contributed by atoms with Crippen LogP contribution < -0.4 is 10.1 Å². The molecule has 4 heteroatoms. The molecule has 1 atom stereocenters. The second-order valence-electron chi connectivity index (χ2n) is 5.33. The molecule has 0 aliphatic heterocycles. The topological polar surface area (TPSA) is 58.6 Å². The van der Waals surface area contributed by atoms with Crippen molar-refractivity contribution in [3.63, 3.8) is 0 Å². The zero-order valence-corrected chi connectivity index (χ0v) is 12.0. The molecule has 1 aliphatic rings. The molecular formula is C16H23NO3. The van der Waals surface area contributed by atoms with Gasteiger partial charge in [0.05, 0.1) is 0 Å². The number of aliphatic hydroxyl groups excluding tert-OH is 1. The smallest absolute Gasteiger partial charge is 0.260 e. The lowest BCUT2D eigenvalue weighted by Crippen LogP contribution is -2.41. The zero-order valence-electron chi connectivity index (χ0n) is 12.0. The Morgan fingerprint density at radius 3 is 2.80 bits per heavy atom. The van der Waals surface area contributed by atoms with Crippen molar-refractivity contribution in [1.29, 1.82) is 0 Å². The number of hydrogen-bond donors (Lipinski definition) is 2. The summed E-state index contributed by atoms with van der Waals surface area (Å²) in [5, 5.41) is 12.1. The molecule has 0 aromatic heterocycles. The summed E-state index contributed by atoms with van der Waals surface area (Å²) >= 11 is 0. The molecule has 0 spiro atoms. The van der Waals surface area contributed by atoms with Crippen molar-refractivity contribution in [3.8, 4) is 5.75 Å². The van der Waals surface area contributed by atoms with Gasteiger partial charge in [-0.15, -0.1) is 0 Å². The molecule has 2 rings (SSSR count). The van der Waals surface area contributed by atoms with Gasteiger partial charge in [-0.05, 0) is 37.8 Å². The average Bonchev–Trinajstić information content (AvgIpc) is 2.94. The van der Waals surface area contributed by atoms with Crippen molar-refractivity contribution in [1.82, 2.24) is 5.32 Å². The van der Waals surface area contributed by atoms with E-state index in [9.17, 15) is 4.79 Å². The Labute approximate surface area is 120 Å². The molecule has 20 heavy (non-hydrogen) atoms. The fraction of sp³-hybridized carbons (Fsp3) is 0.562. The quantitative estimate of drug-likeness (QED) is 0.836. The van der Waals surface area contributed by atoms with Crippen LogP contribution in [0.25, 0.3) is 0 Å². The predicted molar refractivity (Wildman–Crippen MR) is 77.7 cm³/mol. The van der Waals surface area contributed by atoms with E-state index in [0.717, 1.165) is 18.4 Å². The number of para-hydroxylation sites is 1. The number of nitrogens with one attached hydrogen (secondary N) is 1. The number of carbonyl (C=O) groups is 1. The predicted octanol–water partition coefficient (Wildman–Crippen LogP) is 2.05. The SMILES string of the molecule is CC(Oc1ccccc1CCO)C(=O)NC1CCCC1. The number of benzene rings is 1. The first kappa shape index (κ1) is 14.9. The molecule has 1 amide bonds. The third-order valence-electron chi connectivity index (χ3n) is 3.73. The summed E-state index contributed by atoms with van der Waals surface area (Å²) in [6.45, 7) is 1.84. The first-order valence-corrected chi connectivity index (χ1v) is 7.36. The van der Waals surface area contributed by atoms with Crippen LogP contribution in [-0.4, -0.2) is 29.8 Å². The largest absolute Gasteiger partial charge is 0.481 e. The summed E-state index contributed by atoms with van der Waals surface area (Å²) in [6.07, 6.45) is 4.54. The Hall–Kier alpha value is -1.55. The normalized spacial score (nSPS) is 16.9. The lowest BCUT2D eigenvalue weighted by atomic mass is 10.1. The van der Waals surface area contributed by atoms with Crippen molar-refractivity contribution in [2.24, 2.45) is 0 Å². The molecule has 2 N–H and O–H groups in total. The van der Waals surface area contributed by atoms with Gasteiger partial charge in [0.15, 0.2) is 6.10 Å². The Kier molecular flexibility index (Phi) is 5.41. The second kappa shape index (κ2) is 7.29. The molecule has 1 unspecified atom stereocenters. The Balaban J connectivity index is 1.92. The van der Waals surface area contributed by atoms with E-state index in [1.807, 2.05) is 24.3 Å². The Morgan fingerprint density at radius 1 is 1.40 bits per heavy atom. The summed E-state index contributed by atoms with van der Waals surface area (Å²) in [7, 11) is 0. The van der Waals surface area contributed by atoms with Crippen molar-refractivity contribution in [3.05, 3.63) is 29.8 Å². The number of aliphatic hydroxyl groups is 1. The number of carbonyl (C=O) groups excluding carboxylic acids is 1. The van der Waals surface area contributed by atoms with Gasteiger partial charge in [-0.2, -0.15) is 0 Å². The number of ether oxygens (including phenoxy) is 1. The van der Waals surface area contributed by atoms with Gasteiger partial charge in [-0.25, -0.2) is 0 Å². The Bertz CT molecular complexity index is 441. The summed E-state index contributed by atoms with van der Waals surface area (Å²) in [6, 6.07) is 7.83. The third-order valence-corrected chi connectivity index (χ3v) is 3.73. The molecule has 110 valence electrons. The molecule has 1 aromatic carbocycles. The van der Waals surface area contributed by atoms with E-state index in [2.05, 4.69) is 5.32 Å². The highest BCUT2D eigenvalue weighted by atomic mass is 16.5. The van der Waals surface area contributed by atoms with Gasteiger partial charge in [-0.1, -0.05) is 31.0 Å². The second-order valence-corrected chi connectivity index (χ2v) is 5.33. The van der Waals surface area contributed by atoms with Gasteiger partial charge < -0.3 is 15.2 Å². The van der Waals surface area contributed by atoms with Crippen LogP contribution in [0.5, 0.6) is 5.75 Å². The lowest BCUT2D eigenvalue weighted by molar-refractivity contribution is -0.127. The molecule has 4 nitrogen and oxygen atoms in total. The lowest BCUT2D eigenvalue weighted by Gasteiger charge is -2.19. The van der Waals surface area contributed by atoms with Crippen molar-refractivity contribution >= 4 is 5.91 Å². The van der Waals surface area contributed by atoms with Crippen LogP contribution in [0.2, 0.25) is 0 Å². The molecule has 1 fully saturated rings. The van der Waals surface area contributed by atoms with Crippen LogP contribution in [0, 0.1) is 0 Å². The van der Waals surface area contributed by atoms with Crippen LogP contribution in [0.15, 0.2) is 24.3 Å². The molecule has 0 bridgehead atoms. The molecule has 0 radical (unpaired) electrons. The number of hydrogen-bond acceptors (Lipinski definition) is 3. The van der Waals surface area contributed by atoms with Crippen LogP contribution in [-0.2, 0) is 11.2 Å². The van der Waals surface area contributed by atoms with E-state index >= 15 is 0 Å². The zero-order chi connectivity index (χ0) is 14.4. The van der Waals surface area contributed by atoms with Gasteiger partial charge in [0.25, 0.3) is 5.91 Å². The van der Waals surface area contributed by atoms with Crippen molar-refractivity contribution in [2.75, 3.05) is 6.61 Å². The van der Waals surface area contributed by atoms with Crippen LogP contribution in [0.4, 0.5) is 0 Å². The minimum Gasteiger partial charge on any atom is -0.481 e. The minimum absolute atomic E-state index is 0.0595. The van der Waals surface area contributed by atoms with Gasteiger partial charge in [0, 0.05) is 12.6 Å². The molecule has 0 saturated heterocycles. The molecular weight excluding hydrogens is 254 g/mol. The first-order valence-electron chi connectivity index (χ1n) is 7.36. The highest BCUT2D eigenvalue weighted by Gasteiger charge is 2.22. The van der Waals surface area contributed by atoms with E-state index in [0.29, 0.717) is 18.2 Å². The fourth-order valence-electron chi connectivity index (χ4n) is 2.58. The van der Waals surface area contributed by atoms with Gasteiger partial charge in [0.1, 0.15) is 5.75 Å². The number of rotatable bonds is 6. The van der Waals surface area contributed by atoms with Crippen LogP contribution >= 0.6 is 0 Å². The van der Waals surface area contributed by atoms with E-state index in [1.54, 1.807) is 6.92 Å². The van der Waals surface area contributed by atoms with Gasteiger partial charge in [0.2, 0.25) is 0 Å². The van der Waals surface area contributed by atoms with Crippen LogP contribution in [0.1, 0.15) is 38.2 Å². The van der Waals surface area contributed by atoms with E-state index < -0.39 is 6.10 Å². The van der Waals surface area contributed by atoms with Crippen LogP contribution in [0.3, 0.4) is 0 Å². The molecule has 0 heterocycles. The maximum absolute atomic E-state index is 12.1. The maximum atomic E-state index is 12.1. The minimum atomic E-state index is -0.518. The maximum Gasteiger partial charge on any atom is 0.260 e. The van der Waals surface area contributed by atoms with E-state index in [4.69, 9.17) is 9.84 Å². The molecule has 1 aliphatic carbocycles. The van der Waals surface area contributed by atoms with Crippen molar-refractivity contribution < 1.29 is 14.6 Å². The highest BCUT2D eigenvalue weighted by Crippen LogP contribution is 2.21. The molecule has 1 aromatic rings. The van der Waals surface area contributed by atoms with E-state index in [-0.39, 0.29) is 12.5 Å². The third kappa shape index (κ3) is 3.97. The standard InChI is InChI=1S/C16H23NO3/c1-12(16(19)17-14-7-3-4-8-14)20-15-9-5-2-6-13(15)10-11-18/h2,5-6,9,12,14,18H,3-4,7-8,10-11H2,1H3,(H,17,19). The van der Waals surface area contributed by atoms with Gasteiger partial charge >= 0.3 is 0 Å². The Morgan fingerprint density at radius 2 is 2.10 bits per heavy atom. The van der Waals surface area contributed by atoms with Gasteiger partial charge in [-0.3, -0.25) is 4.79 Å².